The molecule has 2 saturated heterocycles. The van der Waals surface area contributed by atoms with Gasteiger partial charge in [-0.15, -0.1) is 0 Å². The summed E-state index contributed by atoms with van der Waals surface area (Å²) in [6.07, 6.45) is 3.42. The standard InChI is InChI=1S/C14H14FNO/c15-12-4-2-1-3-10(12)7-14(9-16)8-11-5-6-13(14)17-11/h1-4,11,13H,5-8H2. The van der Waals surface area contributed by atoms with Gasteiger partial charge in [0.2, 0.25) is 0 Å². The number of hydrogen-bond donors (Lipinski definition) is 0. The highest BCUT2D eigenvalue weighted by Gasteiger charge is 2.52. The maximum Gasteiger partial charge on any atom is 0.126 e. The van der Waals surface area contributed by atoms with Crippen molar-refractivity contribution in [2.24, 2.45) is 5.41 Å². The predicted octanol–water partition coefficient (Wildman–Crippen LogP) is 2.83. The fraction of sp³-hybridized carbons (Fsp3) is 0.500. The van der Waals surface area contributed by atoms with E-state index in [1.165, 1.54) is 6.07 Å². The lowest BCUT2D eigenvalue weighted by atomic mass is 9.71. The molecule has 17 heavy (non-hydrogen) atoms. The zero-order valence-electron chi connectivity index (χ0n) is 9.53. The zero-order chi connectivity index (χ0) is 11.9. The van der Waals surface area contributed by atoms with Crippen LogP contribution in [-0.2, 0) is 11.2 Å². The average molecular weight is 231 g/mol. The molecule has 0 saturated carbocycles. The molecule has 2 aliphatic heterocycles. The Hall–Kier alpha value is -1.40. The lowest BCUT2D eigenvalue weighted by Gasteiger charge is -2.28. The number of fused-ring (bicyclic) bond motifs is 2. The number of halogens is 1. The van der Waals surface area contributed by atoms with Crippen molar-refractivity contribution < 1.29 is 9.13 Å². The van der Waals surface area contributed by atoms with Crippen molar-refractivity contribution in [1.82, 2.24) is 0 Å². The van der Waals surface area contributed by atoms with E-state index >= 15 is 0 Å². The summed E-state index contributed by atoms with van der Waals surface area (Å²) in [6, 6.07) is 9.10. The molecule has 2 heterocycles. The molecule has 2 nitrogen and oxygen atoms in total. The minimum Gasteiger partial charge on any atom is -0.373 e. The van der Waals surface area contributed by atoms with E-state index < -0.39 is 5.41 Å². The highest BCUT2D eigenvalue weighted by Crippen LogP contribution is 2.49. The topological polar surface area (TPSA) is 33.0 Å². The van der Waals surface area contributed by atoms with Crippen LogP contribution >= 0.6 is 0 Å². The second kappa shape index (κ2) is 3.82. The fourth-order valence-electron chi connectivity index (χ4n) is 3.12. The zero-order valence-corrected chi connectivity index (χ0v) is 9.53. The Morgan fingerprint density at radius 2 is 2.24 bits per heavy atom. The molecule has 1 aromatic carbocycles. The first-order valence-corrected chi connectivity index (χ1v) is 6.04. The van der Waals surface area contributed by atoms with Crippen LogP contribution < -0.4 is 0 Å². The van der Waals surface area contributed by atoms with Crippen LogP contribution in [0.5, 0.6) is 0 Å². The van der Waals surface area contributed by atoms with Crippen LogP contribution in [0, 0.1) is 22.6 Å². The first-order valence-electron chi connectivity index (χ1n) is 6.04. The number of benzene rings is 1. The van der Waals surface area contributed by atoms with Crippen LogP contribution in [0.1, 0.15) is 24.8 Å². The molecule has 3 atom stereocenters. The average Bonchev–Trinajstić information content (AvgIpc) is 2.93. The van der Waals surface area contributed by atoms with E-state index in [9.17, 15) is 9.65 Å². The second-order valence-electron chi connectivity index (χ2n) is 5.06. The summed E-state index contributed by atoms with van der Waals surface area (Å²) >= 11 is 0. The molecule has 2 fully saturated rings. The largest absolute Gasteiger partial charge is 0.373 e. The van der Waals surface area contributed by atoms with E-state index in [4.69, 9.17) is 4.74 Å². The molecule has 0 aliphatic carbocycles. The Labute approximate surface area is 100 Å². The van der Waals surface area contributed by atoms with Gasteiger partial charge in [-0.2, -0.15) is 5.26 Å². The van der Waals surface area contributed by atoms with E-state index in [0.717, 1.165) is 19.3 Å². The monoisotopic (exact) mass is 231 g/mol. The summed E-state index contributed by atoms with van der Waals surface area (Å²) in [5, 5.41) is 9.44. The summed E-state index contributed by atoms with van der Waals surface area (Å²) in [7, 11) is 0. The van der Waals surface area contributed by atoms with Crippen LogP contribution in [0.25, 0.3) is 0 Å². The van der Waals surface area contributed by atoms with Gasteiger partial charge in [-0.1, -0.05) is 18.2 Å². The van der Waals surface area contributed by atoms with Crippen molar-refractivity contribution in [2.75, 3.05) is 0 Å². The lowest BCUT2D eigenvalue weighted by Crippen LogP contribution is -2.33. The third kappa shape index (κ3) is 1.64. The second-order valence-corrected chi connectivity index (χ2v) is 5.06. The number of nitriles is 1. The highest BCUT2D eigenvalue weighted by atomic mass is 19.1. The van der Waals surface area contributed by atoms with E-state index in [1.54, 1.807) is 12.1 Å². The smallest absolute Gasteiger partial charge is 0.126 e. The molecule has 2 bridgehead atoms. The van der Waals surface area contributed by atoms with Crippen molar-refractivity contribution in [1.29, 1.82) is 5.26 Å². The van der Waals surface area contributed by atoms with Gasteiger partial charge in [0.1, 0.15) is 5.82 Å². The summed E-state index contributed by atoms with van der Waals surface area (Å²) in [6.45, 7) is 0. The fourth-order valence-corrected chi connectivity index (χ4v) is 3.12. The van der Waals surface area contributed by atoms with Crippen molar-refractivity contribution in [3.05, 3.63) is 35.6 Å². The maximum absolute atomic E-state index is 13.6. The van der Waals surface area contributed by atoms with E-state index in [-0.39, 0.29) is 18.0 Å². The molecular weight excluding hydrogens is 217 g/mol. The minimum atomic E-state index is -0.509. The van der Waals surface area contributed by atoms with Crippen LogP contribution in [0.2, 0.25) is 0 Å². The lowest BCUT2D eigenvalue weighted by molar-refractivity contribution is 0.0785. The van der Waals surface area contributed by atoms with Gasteiger partial charge in [-0.25, -0.2) is 4.39 Å². The molecule has 0 radical (unpaired) electrons. The first kappa shape index (κ1) is 10.7. The van der Waals surface area contributed by atoms with Gasteiger partial charge < -0.3 is 4.74 Å². The number of hydrogen-bond acceptors (Lipinski definition) is 2. The summed E-state index contributed by atoms with van der Waals surface area (Å²) < 4.78 is 19.4. The molecule has 1 aromatic rings. The summed E-state index contributed by atoms with van der Waals surface area (Å²) in [4.78, 5) is 0. The van der Waals surface area contributed by atoms with Crippen LogP contribution in [-0.4, -0.2) is 12.2 Å². The van der Waals surface area contributed by atoms with Gasteiger partial charge in [-0.3, -0.25) is 0 Å². The summed E-state index contributed by atoms with van der Waals surface area (Å²) in [5.74, 6) is -0.218. The number of ether oxygens (including phenoxy) is 1. The van der Waals surface area contributed by atoms with E-state index in [0.29, 0.717) is 12.0 Å². The maximum atomic E-state index is 13.6. The number of nitrogens with zero attached hydrogens (tertiary/aromatic N) is 1. The normalized spacial score (nSPS) is 34.8. The van der Waals surface area contributed by atoms with Crippen LogP contribution in [0.15, 0.2) is 24.3 Å². The van der Waals surface area contributed by atoms with Gasteiger partial charge in [0.25, 0.3) is 0 Å². The Balaban J connectivity index is 1.89. The highest BCUT2D eigenvalue weighted by molar-refractivity contribution is 5.24. The molecule has 0 aromatic heterocycles. The molecule has 3 rings (SSSR count). The Kier molecular flexibility index (Phi) is 2.41. The summed E-state index contributed by atoms with van der Waals surface area (Å²) in [5.41, 5.74) is 0.121. The Bertz CT molecular complexity index is 481. The minimum absolute atomic E-state index is 0.00268. The van der Waals surface area contributed by atoms with Gasteiger partial charge in [-0.05, 0) is 37.3 Å². The van der Waals surface area contributed by atoms with Crippen molar-refractivity contribution >= 4 is 0 Å². The van der Waals surface area contributed by atoms with Gasteiger partial charge >= 0.3 is 0 Å². The molecular formula is C14H14FNO. The molecule has 3 unspecified atom stereocenters. The van der Waals surface area contributed by atoms with Crippen molar-refractivity contribution in [2.45, 2.75) is 37.9 Å². The Morgan fingerprint density at radius 1 is 1.41 bits per heavy atom. The quantitative estimate of drug-likeness (QED) is 0.784. The van der Waals surface area contributed by atoms with Gasteiger partial charge in [0.05, 0.1) is 23.7 Å². The molecule has 0 amide bonds. The third-order valence-electron chi connectivity index (χ3n) is 4.00. The SMILES string of the molecule is N#CC1(Cc2ccccc2F)CC2CCC1O2. The number of rotatable bonds is 2. The predicted molar refractivity (Wildman–Crippen MR) is 60.7 cm³/mol. The van der Waals surface area contributed by atoms with Gasteiger partial charge in [0, 0.05) is 0 Å². The molecule has 0 spiro atoms. The van der Waals surface area contributed by atoms with Crippen LogP contribution in [0.4, 0.5) is 4.39 Å². The molecule has 2 aliphatic rings. The van der Waals surface area contributed by atoms with Gasteiger partial charge in [0.15, 0.2) is 0 Å². The molecule has 88 valence electrons. The molecule has 0 N–H and O–H groups in total. The van der Waals surface area contributed by atoms with E-state index in [2.05, 4.69) is 6.07 Å². The van der Waals surface area contributed by atoms with Crippen molar-refractivity contribution in [3.63, 3.8) is 0 Å². The third-order valence-corrected chi connectivity index (χ3v) is 4.00. The first-order chi connectivity index (χ1) is 8.23. The van der Waals surface area contributed by atoms with Crippen LogP contribution in [0.3, 0.4) is 0 Å². The Morgan fingerprint density at radius 3 is 2.82 bits per heavy atom. The van der Waals surface area contributed by atoms with E-state index in [1.807, 2.05) is 6.07 Å². The van der Waals surface area contributed by atoms with Crippen molar-refractivity contribution in [3.8, 4) is 6.07 Å². The molecule has 3 heteroatoms.